The van der Waals surface area contributed by atoms with E-state index >= 15 is 0 Å². The first-order valence-corrected chi connectivity index (χ1v) is 9.25. The lowest BCUT2D eigenvalue weighted by Gasteiger charge is -2.14. The second-order valence-corrected chi connectivity index (χ2v) is 7.27. The van der Waals surface area contributed by atoms with Crippen LogP contribution < -0.4 is 9.47 Å². The molecule has 2 aromatic carbocycles. The molecule has 0 atom stereocenters. The molecule has 0 saturated heterocycles. The van der Waals surface area contributed by atoms with Gasteiger partial charge in [-0.15, -0.1) is 11.8 Å². The van der Waals surface area contributed by atoms with Crippen molar-refractivity contribution in [3.8, 4) is 11.5 Å². The third-order valence-corrected chi connectivity index (χ3v) is 5.08. The van der Waals surface area contributed by atoms with Crippen LogP contribution in [0, 0.1) is 6.92 Å². The van der Waals surface area contributed by atoms with Gasteiger partial charge >= 0.3 is 5.97 Å². The molecule has 25 heavy (non-hydrogen) atoms. The molecule has 2 aromatic rings. The van der Waals surface area contributed by atoms with Crippen LogP contribution in [0.2, 0.25) is 10.0 Å². The average molecular weight is 401 g/mol. The predicted molar refractivity (Wildman–Crippen MR) is 102 cm³/mol. The Morgan fingerprint density at radius 1 is 1.20 bits per heavy atom. The number of carbonyl (C=O) groups is 1. The molecule has 0 bridgehead atoms. The number of ether oxygens (including phenoxy) is 2. The van der Waals surface area contributed by atoms with Gasteiger partial charge in [0.1, 0.15) is 11.5 Å². The first kappa shape index (κ1) is 19.8. The van der Waals surface area contributed by atoms with Crippen LogP contribution in [-0.2, 0) is 11.2 Å². The minimum absolute atomic E-state index is 0.383. The summed E-state index contributed by atoms with van der Waals surface area (Å²) in [6, 6.07) is 9.14. The van der Waals surface area contributed by atoms with E-state index in [0.29, 0.717) is 21.5 Å². The van der Waals surface area contributed by atoms with Gasteiger partial charge in [-0.1, -0.05) is 29.3 Å². The number of hydrogen-bond donors (Lipinski definition) is 1. The zero-order valence-electron chi connectivity index (χ0n) is 13.8. The zero-order chi connectivity index (χ0) is 18.4. The van der Waals surface area contributed by atoms with Crippen molar-refractivity contribution in [1.29, 1.82) is 0 Å². The molecule has 0 aliphatic carbocycles. The summed E-state index contributed by atoms with van der Waals surface area (Å²) in [7, 11) is 1.58. The molecule has 134 valence electrons. The second kappa shape index (κ2) is 9.22. The van der Waals surface area contributed by atoms with Crippen LogP contribution in [0.25, 0.3) is 0 Å². The smallest absolute Gasteiger partial charge is 0.341 e. The van der Waals surface area contributed by atoms with Crippen LogP contribution in [0.4, 0.5) is 0 Å². The maximum Gasteiger partial charge on any atom is 0.341 e. The molecule has 0 unspecified atom stereocenters. The molecule has 7 heteroatoms. The van der Waals surface area contributed by atoms with Crippen LogP contribution in [0.5, 0.6) is 11.5 Å². The number of halogens is 2. The van der Waals surface area contributed by atoms with Gasteiger partial charge in [0, 0.05) is 26.8 Å². The molecular weight excluding hydrogens is 383 g/mol. The van der Waals surface area contributed by atoms with Crippen molar-refractivity contribution in [2.24, 2.45) is 0 Å². The fourth-order valence-electron chi connectivity index (χ4n) is 2.21. The summed E-state index contributed by atoms with van der Waals surface area (Å²) >= 11 is 13.7. The van der Waals surface area contributed by atoms with Crippen molar-refractivity contribution in [2.45, 2.75) is 18.2 Å². The van der Waals surface area contributed by atoms with Crippen molar-refractivity contribution < 1.29 is 19.4 Å². The third kappa shape index (κ3) is 5.73. The van der Waals surface area contributed by atoms with Crippen LogP contribution in [0.3, 0.4) is 0 Å². The van der Waals surface area contributed by atoms with Gasteiger partial charge in [-0.3, -0.25) is 0 Å². The molecule has 0 saturated carbocycles. The highest BCUT2D eigenvalue weighted by Gasteiger charge is 2.11. The molecule has 0 aromatic heterocycles. The number of thioether (sulfide) groups is 1. The highest BCUT2D eigenvalue weighted by molar-refractivity contribution is 7.99. The minimum atomic E-state index is -1.02. The highest BCUT2D eigenvalue weighted by Crippen LogP contribution is 2.36. The fraction of sp³-hybridized carbons (Fsp3) is 0.278. The average Bonchev–Trinajstić information content (AvgIpc) is 2.56. The zero-order valence-corrected chi connectivity index (χ0v) is 16.2. The molecular formula is C18H18Cl2O4S. The predicted octanol–water partition coefficient (Wildman–Crippen LogP) is 5.11. The topological polar surface area (TPSA) is 55.8 Å². The van der Waals surface area contributed by atoms with E-state index in [-0.39, 0.29) is 6.61 Å². The van der Waals surface area contributed by atoms with Gasteiger partial charge in [-0.25, -0.2) is 4.79 Å². The molecule has 0 heterocycles. The van der Waals surface area contributed by atoms with E-state index in [2.05, 4.69) is 0 Å². The number of carboxylic acids is 1. The van der Waals surface area contributed by atoms with E-state index in [0.717, 1.165) is 28.2 Å². The van der Waals surface area contributed by atoms with Crippen molar-refractivity contribution in [1.82, 2.24) is 0 Å². The first-order valence-electron chi connectivity index (χ1n) is 7.50. The standard InChI is InChI=1S/C18H18Cl2O4S/c1-11-7-17(16(23-2)9-15(11)24-10-18(21)22)25-6-5-12-3-4-13(19)8-14(12)20/h3-4,7-9H,5-6,10H2,1-2H3,(H,21,22). The Hall–Kier alpha value is -1.56. The van der Waals surface area contributed by atoms with E-state index in [4.69, 9.17) is 37.8 Å². The number of aryl methyl sites for hydroxylation is 2. The summed E-state index contributed by atoms with van der Waals surface area (Å²) in [5, 5.41) is 10.0. The molecule has 0 radical (unpaired) electrons. The van der Waals surface area contributed by atoms with E-state index in [1.165, 1.54) is 0 Å². The number of aliphatic carboxylic acids is 1. The summed E-state index contributed by atoms with van der Waals surface area (Å²) < 4.78 is 10.7. The van der Waals surface area contributed by atoms with Crippen LogP contribution in [0.15, 0.2) is 35.2 Å². The Morgan fingerprint density at radius 3 is 2.60 bits per heavy atom. The lowest BCUT2D eigenvalue weighted by atomic mass is 10.2. The Morgan fingerprint density at radius 2 is 1.96 bits per heavy atom. The number of rotatable bonds is 8. The second-order valence-electron chi connectivity index (χ2n) is 5.29. The number of carboxylic acid groups (broad SMARTS) is 1. The Bertz CT molecular complexity index is 765. The summed E-state index contributed by atoms with van der Waals surface area (Å²) in [6.07, 6.45) is 0.792. The van der Waals surface area contributed by atoms with Crippen LogP contribution in [-0.4, -0.2) is 30.5 Å². The summed E-state index contributed by atoms with van der Waals surface area (Å²) in [5.74, 6) is 0.950. The number of hydrogen-bond acceptors (Lipinski definition) is 4. The van der Waals surface area contributed by atoms with Crippen LogP contribution >= 0.6 is 35.0 Å². The molecule has 2 rings (SSSR count). The molecule has 0 amide bonds. The Balaban J connectivity index is 2.05. The minimum Gasteiger partial charge on any atom is -0.495 e. The summed E-state index contributed by atoms with van der Waals surface area (Å²) in [5.41, 5.74) is 1.89. The fourth-order valence-corrected chi connectivity index (χ4v) is 3.80. The molecule has 0 aliphatic rings. The van der Waals surface area contributed by atoms with Gasteiger partial charge < -0.3 is 14.6 Å². The van der Waals surface area contributed by atoms with Gasteiger partial charge in [0.05, 0.1) is 7.11 Å². The normalized spacial score (nSPS) is 10.6. The summed E-state index contributed by atoms with van der Waals surface area (Å²) in [6.45, 7) is 1.49. The number of benzene rings is 2. The van der Waals surface area contributed by atoms with E-state index in [9.17, 15) is 4.79 Å². The number of methoxy groups -OCH3 is 1. The Labute approximate surface area is 161 Å². The first-order chi connectivity index (χ1) is 11.9. The quantitative estimate of drug-likeness (QED) is 0.623. The molecule has 1 N–H and O–H groups in total. The lowest BCUT2D eigenvalue weighted by Crippen LogP contribution is -2.10. The molecule has 0 aliphatic heterocycles. The van der Waals surface area contributed by atoms with E-state index < -0.39 is 5.97 Å². The third-order valence-electron chi connectivity index (χ3n) is 3.46. The van der Waals surface area contributed by atoms with Crippen molar-refractivity contribution in [3.05, 3.63) is 51.5 Å². The van der Waals surface area contributed by atoms with Crippen molar-refractivity contribution >= 4 is 40.9 Å². The van der Waals surface area contributed by atoms with E-state index in [1.807, 2.05) is 25.1 Å². The molecule has 0 spiro atoms. The van der Waals surface area contributed by atoms with Gasteiger partial charge in [0.15, 0.2) is 6.61 Å². The molecule has 0 fully saturated rings. The summed E-state index contributed by atoms with van der Waals surface area (Å²) in [4.78, 5) is 11.6. The molecule has 4 nitrogen and oxygen atoms in total. The monoisotopic (exact) mass is 400 g/mol. The van der Waals surface area contributed by atoms with Gasteiger partial charge in [-0.2, -0.15) is 0 Å². The van der Waals surface area contributed by atoms with E-state index in [1.54, 1.807) is 31.0 Å². The van der Waals surface area contributed by atoms with Gasteiger partial charge in [0.25, 0.3) is 0 Å². The lowest BCUT2D eigenvalue weighted by molar-refractivity contribution is -0.139. The SMILES string of the molecule is COc1cc(OCC(=O)O)c(C)cc1SCCc1ccc(Cl)cc1Cl. The van der Waals surface area contributed by atoms with Crippen molar-refractivity contribution in [2.75, 3.05) is 19.5 Å². The van der Waals surface area contributed by atoms with Gasteiger partial charge in [-0.05, 0) is 42.7 Å². The maximum atomic E-state index is 10.7. The van der Waals surface area contributed by atoms with Gasteiger partial charge in [0.2, 0.25) is 0 Å². The largest absolute Gasteiger partial charge is 0.495 e. The van der Waals surface area contributed by atoms with Crippen molar-refractivity contribution in [3.63, 3.8) is 0 Å². The Kier molecular flexibility index (Phi) is 7.29. The maximum absolute atomic E-state index is 10.7. The highest BCUT2D eigenvalue weighted by atomic mass is 35.5. The van der Waals surface area contributed by atoms with Crippen LogP contribution in [0.1, 0.15) is 11.1 Å².